The van der Waals surface area contributed by atoms with Gasteiger partial charge >= 0.3 is 0 Å². The maximum absolute atomic E-state index is 12.6. The van der Waals surface area contributed by atoms with E-state index in [1.807, 2.05) is 13.8 Å². The number of amides is 1. The Kier molecular flexibility index (Phi) is 4.81. The molecule has 3 heteroatoms. The number of rotatable bonds is 3. The Morgan fingerprint density at radius 1 is 1.20 bits per heavy atom. The molecule has 0 heterocycles. The van der Waals surface area contributed by atoms with Crippen molar-refractivity contribution in [3.8, 4) is 0 Å². The minimum absolute atomic E-state index is 0.0605. The lowest BCUT2D eigenvalue weighted by Gasteiger charge is -2.31. The van der Waals surface area contributed by atoms with Crippen LogP contribution in [0.2, 0.25) is 0 Å². The van der Waals surface area contributed by atoms with Gasteiger partial charge in [-0.3, -0.25) is 4.79 Å². The van der Waals surface area contributed by atoms with Crippen LogP contribution in [0.3, 0.4) is 0 Å². The van der Waals surface area contributed by atoms with Crippen molar-refractivity contribution in [2.75, 3.05) is 6.54 Å². The van der Waals surface area contributed by atoms with E-state index in [0.29, 0.717) is 12.5 Å². The second kappa shape index (κ2) is 6.40. The second-order valence-electron chi connectivity index (χ2n) is 6.13. The molecule has 2 unspecified atom stereocenters. The van der Waals surface area contributed by atoms with Crippen molar-refractivity contribution in [1.29, 1.82) is 0 Å². The number of benzene rings is 1. The first-order valence-corrected chi connectivity index (χ1v) is 7.61. The Morgan fingerprint density at radius 2 is 1.80 bits per heavy atom. The zero-order chi connectivity index (χ0) is 14.7. The highest BCUT2D eigenvalue weighted by Gasteiger charge is 2.26. The average Bonchev–Trinajstić information content (AvgIpc) is 2.38. The number of nitrogens with two attached hydrogens (primary N) is 1. The van der Waals surface area contributed by atoms with Gasteiger partial charge in [0.05, 0.1) is 0 Å². The van der Waals surface area contributed by atoms with Crippen LogP contribution >= 0.6 is 0 Å². The van der Waals surface area contributed by atoms with E-state index in [9.17, 15) is 4.79 Å². The van der Waals surface area contributed by atoms with Crippen LogP contribution in [0.1, 0.15) is 52.7 Å². The van der Waals surface area contributed by atoms with Crippen LogP contribution in [0.4, 0.5) is 0 Å². The third-order valence-corrected chi connectivity index (χ3v) is 4.43. The molecule has 0 radical (unpaired) electrons. The van der Waals surface area contributed by atoms with Crippen molar-refractivity contribution in [1.82, 2.24) is 5.32 Å². The van der Waals surface area contributed by atoms with Gasteiger partial charge in [-0.1, -0.05) is 30.5 Å². The topological polar surface area (TPSA) is 55.1 Å². The third kappa shape index (κ3) is 3.21. The Labute approximate surface area is 121 Å². The van der Waals surface area contributed by atoms with E-state index in [0.717, 1.165) is 29.5 Å². The SMILES string of the molecule is Cc1cc(C)c(C(=O)NC2CCCCC2CN)c(C)c1. The van der Waals surface area contributed by atoms with Gasteiger partial charge in [0.25, 0.3) is 5.91 Å². The number of carbonyl (C=O) groups excluding carboxylic acids is 1. The fraction of sp³-hybridized carbons (Fsp3) is 0.588. The van der Waals surface area contributed by atoms with E-state index in [2.05, 4.69) is 24.4 Å². The zero-order valence-corrected chi connectivity index (χ0v) is 12.8. The molecule has 1 aromatic carbocycles. The van der Waals surface area contributed by atoms with Crippen molar-refractivity contribution in [2.24, 2.45) is 11.7 Å². The monoisotopic (exact) mass is 274 g/mol. The molecule has 1 aliphatic rings. The smallest absolute Gasteiger partial charge is 0.252 e. The Hall–Kier alpha value is -1.35. The van der Waals surface area contributed by atoms with Crippen LogP contribution in [0.5, 0.6) is 0 Å². The number of nitrogens with one attached hydrogen (secondary N) is 1. The van der Waals surface area contributed by atoms with Gasteiger partial charge in [-0.15, -0.1) is 0 Å². The van der Waals surface area contributed by atoms with Crippen molar-refractivity contribution in [2.45, 2.75) is 52.5 Å². The number of hydrogen-bond acceptors (Lipinski definition) is 2. The summed E-state index contributed by atoms with van der Waals surface area (Å²) < 4.78 is 0. The third-order valence-electron chi connectivity index (χ3n) is 4.43. The van der Waals surface area contributed by atoms with Crippen LogP contribution in [0.15, 0.2) is 12.1 Å². The van der Waals surface area contributed by atoms with Gasteiger partial charge in [0.1, 0.15) is 0 Å². The largest absolute Gasteiger partial charge is 0.349 e. The summed E-state index contributed by atoms with van der Waals surface area (Å²) in [6.07, 6.45) is 4.61. The highest BCUT2D eigenvalue weighted by Crippen LogP contribution is 2.24. The van der Waals surface area contributed by atoms with Crippen molar-refractivity contribution in [3.63, 3.8) is 0 Å². The molecule has 0 saturated heterocycles. The molecule has 1 aliphatic carbocycles. The highest BCUT2D eigenvalue weighted by atomic mass is 16.1. The molecule has 2 rings (SSSR count). The standard InChI is InChI=1S/C17H26N2O/c1-11-8-12(2)16(13(3)9-11)17(20)19-15-7-5-4-6-14(15)10-18/h8-9,14-15H,4-7,10,18H2,1-3H3,(H,19,20). The van der Waals surface area contributed by atoms with Gasteiger partial charge in [0, 0.05) is 11.6 Å². The van der Waals surface area contributed by atoms with E-state index < -0.39 is 0 Å². The van der Waals surface area contributed by atoms with E-state index in [1.165, 1.54) is 18.4 Å². The Bertz CT molecular complexity index is 473. The molecule has 1 saturated carbocycles. The molecule has 1 aromatic rings. The number of carbonyl (C=O) groups is 1. The molecule has 1 amide bonds. The summed E-state index contributed by atoms with van der Waals surface area (Å²) in [7, 11) is 0. The maximum Gasteiger partial charge on any atom is 0.252 e. The summed E-state index contributed by atoms with van der Waals surface area (Å²) >= 11 is 0. The normalized spacial score (nSPS) is 22.6. The van der Waals surface area contributed by atoms with Gasteiger partial charge in [-0.2, -0.15) is 0 Å². The number of aryl methyl sites for hydroxylation is 3. The summed E-state index contributed by atoms with van der Waals surface area (Å²) in [6.45, 7) is 6.75. The minimum atomic E-state index is 0.0605. The quantitative estimate of drug-likeness (QED) is 0.890. The van der Waals surface area contributed by atoms with E-state index in [4.69, 9.17) is 5.73 Å². The average molecular weight is 274 g/mol. The van der Waals surface area contributed by atoms with Crippen LogP contribution in [-0.2, 0) is 0 Å². The lowest BCUT2D eigenvalue weighted by Crippen LogP contribution is -2.45. The molecule has 3 nitrogen and oxygen atoms in total. The van der Waals surface area contributed by atoms with Gasteiger partial charge < -0.3 is 11.1 Å². The lowest BCUT2D eigenvalue weighted by atomic mass is 9.84. The molecule has 0 aromatic heterocycles. The van der Waals surface area contributed by atoms with Crippen molar-refractivity contribution >= 4 is 5.91 Å². The molecule has 0 spiro atoms. The molecule has 3 N–H and O–H groups in total. The van der Waals surface area contributed by atoms with Gasteiger partial charge in [-0.25, -0.2) is 0 Å². The van der Waals surface area contributed by atoms with Crippen LogP contribution in [0.25, 0.3) is 0 Å². The van der Waals surface area contributed by atoms with Gasteiger partial charge in [-0.05, 0) is 57.2 Å². The lowest BCUT2D eigenvalue weighted by molar-refractivity contribution is 0.0907. The summed E-state index contributed by atoms with van der Waals surface area (Å²) in [4.78, 5) is 12.6. The molecule has 20 heavy (non-hydrogen) atoms. The van der Waals surface area contributed by atoms with Gasteiger partial charge in [0.15, 0.2) is 0 Å². The fourth-order valence-electron chi connectivity index (χ4n) is 3.46. The van der Waals surface area contributed by atoms with E-state index >= 15 is 0 Å². The van der Waals surface area contributed by atoms with Gasteiger partial charge in [0.2, 0.25) is 0 Å². The molecular weight excluding hydrogens is 248 g/mol. The van der Waals surface area contributed by atoms with E-state index in [-0.39, 0.29) is 11.9 Å². The molecule has 2 atom stereocenters. The molecule has 1 fully saturated rings. The molecule has 0 aliphatic heterocycles. The predicted octanol–water partition coefficient (Wildman–Crippen LogP) is 2.86. The summed E-state index contributed by atoms with van der Waals surface area (Å²) in [5.41, 5.74) is 9.98. The van der Waals surface area contributed by atoms with Crippen molar-refractivity contribution < 1.29 is 4.79 Å². The van der Waals surface area contributed by atoms with Crippen molar-refractivity contribution in [3.05, 3.63) is 34.4 Å². The predicted molar refractivity (Wildman–Crippen MR) is 82.9 cm³/mol. The maximum atomic E-state index is 12.6. The number of hydrogen-bond donors (Lipinski definition) is 2. The summed E-state index contributed by atoms with van der Waals surface area (Å²) in [6, 6.07) is 4.38. The Morgan fingerprint density at radius 3 is 2.40 bits per heavy atom. The first kappa shape index (κ1) is 15.0. The summed E-state index contributed by atoms with van der Waals surface area (Å²) in [5.74, 6) is 0.490. The first-order valence-electron chi connectivity index (χ1n) is 7.61. The molecule has 0 bridgehead atoms. The minimum Gasteiger partial charge on any atom is -0.349 e. The first-order chi connectivity index (χ1) is 9.52. The van der Waals surface area contributed by atoms with Crippen LogP contribution in [0, 0.1) is 26.7 Å². The molecular formula is C17H26N2O. The highest BCUT2D eigenvalue weighted by molar-refractivity contribution is 5.97. The fourth-order valence-corrected chi connectivity index (χ4v) is 3.46. The Balaban J connectivity index is 2.16. The van der Waals surface area contributed by atoms with Crippen LogP contribution in [-0.4, -0.2) is 18.5 Å². The summed E-state index contributed by atoms with van der Waals surface area (Å²) in [5, 5.41) is 3.22. The zero-order valence-electron chi connectivity index (χ0n) is 12.8. The van der Waals surface area contributed by atoms with Crippen LogP contribution < -0.4 is 11.1 Å². The second-order valence-corrected chi connectivity index (χ2v) is 6.13. The molecule has 110 valence electrons. The van der Waals surface area contributed by atoms with E-state index in [1.54, 1.807) is 0 Å².